The van der Waals surface area contributed by atoms with Crippen molar-refractivity contribution in [3.05, 3.63) is 0 Å². The zero-order chi connectivity index (χ0) is 13.3. The Balaban J connectivity index is 1.66. The van der Waals surface area contributed by atoms with Gasteiger partial charge in [-0.2, -0.15) is 0 Å². The van der Waals surface area contributed by atoms with Crippen molar-refractivity contribution in [2.45, 2.75) is 63.2 Å². The molecular formula is C14H21NO4. The van der Waals surface area contributed by atoms with Crippen LogP contribution in [0.2, 0.25) is 0 Å². The summed E-state index contributed by atoms with van der Waals surface area (Å²) < 4.78 is 11.4. The number of rotatable bonds is 1. The minimum absolute atomic E-state index is 0.0108. The van der Waals surface area contributed by atoms with E-state index in [1.54, 1.807) is 0 Å². The molecule has 2 heterocycles. The summed E-state index contributed by atoms with van der Waals surface area (Å²) in [7, 11) is 0. The lowest BCUT2D eigenvalue weighted by Gasteiger charge is -2.39. The molecule has 0 aromatic heterocycles. The van der Waals surface area contributed by atoms with Crippen molar-refractivity contribution in [2.24, 2.45) is 0 Å². The van der Waals surface area contributed by atoms with E-state index in [2.05, 4.69) is 0 Å². The second-order valence-corrected chi connectivity index (χ2v) is 5.70. The lowest BCUT2D eigenvalue weighted by atomic mass is 9.89. The molecule has 19 heavy (non-hydrogen) atoms. The number of hydrogen-bond donors (Lipinski definition) is 0. The largest absolute Gasteiger partial charge is 0.348 e. The smallest absolute Gasteiger partial charge is 0.229 e. The average Bonchev–Trinajstić information content (AvgIpc) is 2.79. The molecule has 1 saturated carbocycles. The van der Waals surface area contributed by atoms with Gasteiger partial charge in [-0.25, -0.2) is 0 Å². The Labute approximate surface area is 113 Å². The lowest BCUT2D eigenvalue weighted by Crippen LogP contribution is -2.48. The van der Waals surface area contributed by atoms with Gasteiger partial charge < -0.3 is 9.47 Å². The minimum Gasteiger partial charge on any atom is -0.348 e. The number of nitrogens with zero attached hydrogens (tertiary/aromatic N) is 1. The number of ether oxygens (including phenoxy) is 2. The Morgan fingerprint density at radius 1 is 0.947 bits per heavy atom. The summed E-state index contributed by atoms with van der Waals surface area (Å²) in [6.07, 6.45) is 5.88. The summed E-state index contributed by atoms with van der Waals surface area (Å²) in [6, 6.07) is 0.0523. The fraction of sp³-hybridized carbons (Fsp3) is 0.857. The molecular weight excluding hydrogens is 246 g/mol. The van der Waals surface area contributed by atoms with Crippen LogP contribution in [0.5, 0.6) is 0 Å². The summed E-state index contributed by atoms with van der Waals surface area (Å²) in [5.74, 6) is -0.400. The van der Waals surface area contributed by atoms with Crippen LogP contribution in [-0.4, -0.2) is 41.8 Å². The Morgan fingerprint density at radius 3 is 2.00 bits per heavy atom. The highest BCUT2D eigenvalue weighted by molar-refractivity contribution is 5.96. The summed E-state index contributed by atoms with van der Waals surface area (Å²) >= 11 is 0. The third-order valence-corrected chi connectivity index (χ3v) is 4.46. The van der Waals surface area contributed by atoms with Gasteiger partial charge in [-0.3, -0.25) is 14.5 Å². The van der Waals surface area contributed by atoms with Crippen LogP contribution < -0.4 is 0 Å². The van der Waals surface area contributed by atoms with Crippen molar-refractivity contribution in [1.82, 2.24) is 4.90 Å². The molecule has 2 amide bonds. The Morgan fingerprint density at radius 2 is 1.47 bits per heavy atom. The molecule has 3 rings (SSSR count). The molecule has 3 aliphatic rings. The highest BCUT2D eigenvalue weighted by Gasteiger charge is 2.43. The SMILES string of the molecule is O=C1CCCCC(=O)N1C1CCC2(CC1)OCCO2. The first-order chi connectivity index (χ1) is 9.20. The molecule has 106 valence electrons. The van der Waals surface area contributed by atoms with Crippen LogP contribution in [0.15, 0.2) is 0 Å². The summed E-state index contributed by atoms with van der Waals surface area (Å²) in [4.78, 5) is 25.7. The molecule has 0 atom stereocenters. The third-order valence-electron chi connectivity index (χ3n) is 4.46. The van der Waals surface area contributed by atoms with Gasteiger partial charge in [0, 0.05) is 31.7 Å². The molecule has 2 saturated heterocycles. The van der Waals surface area contributed by atoms with Crippen LogP contribution >= 0.6 is 0 Å². The van der Waals surface area contributed by atoms with E-state index in [9.17, 15) is 9.59 Å². The first-order valence-corrected chi connectivity index (χ1v) is 7.33. The highest BCUT2D eigenvalue weighted by atomic mass is 16.7. The van der Waals surface area contributed by atoms with Crippen molar-refractivity contribution >= 4 is 11.8 Å². The molecule has 2 aliphatic heterocycles. The molecule has 1 aliphatic carbocycles. The Bertz CT molecular complexity index is 348. The number of likely N-dealkylation sites (tertiary alicyclic amines) is 1. The molecule has 0 bridgehead atoms. The fourth-order valence-electron chi connectivity index (χ4n) is 3.43. The topological polar surface area (TPSA) is 55.8 Å². The van der Waals surface area contributed by atoms with E-state index < -0.39 is 5.79 Å². The zero-order valence-corrected chi connectivity index (χ0v) is 11.2. The molecule has 3 fully saturated rings. The van der Waals surface area contributed by atoms with Gasteiger partial charge in [0.25, 0.3) is 0 Å². The van der Waals surface area contributed by atoms with Gasteiger partial charge in [0.05, 0.1) is 13.2 Å². The number of carbonyl (C=O) groups is 2. The highest BCUT2D eigenvalue weighted by Crippen LogP contribution is 2.38. The second kappa shape index (κ2) is 5.21. The van der Waals surface area contributed by atoms with E-state index in [1.807, 2.05) is 0 Å². The predicted molar refractivity (Wildman–Crippen MR) is 67.2 cm³/mol. The Kier molecular flexibility index (Phi) is 3.58. The number of carbonyl (C=O) groups excluding carboxylic acids is 2. The van der Waals surface area contributed by atoms with Gasteiger partial charge in [-0.05, 0) is 25.7 Å². The normalized spacial score (nSPS) is 28.9. The predicted octanol–water partition coefficient (Wildman–Crippen LogP) is 1.60. The van der Waals surface area contributed by atoms with Gasteiger partial charge in [0.2, 0.25) is 11.8 Å². The molecule has 1 spiro atoms. The van der Waals surface area contributed by atoms with Crippen LogP contribution in [-0.2, 0) is 19.1 Å². The molecule has 5 nitrogen and oxygen atoms in total. The van der Waals surface area contributed by atoms with Gasteiger partial charge in [-0.15, -0.1) is 0 Å². The number of imide groups is 1. The zero-order valence-electron chi connectivity index (χ0n) is 11.2. The van der Waals surface area contributed by atoms with Crippen LogP contribution in [0, 0.1) is 0 Å². The summed E-state index contributed by atoms with van der Waals surface area (Å²) in [5, 5.41) is 0. The second-order valence-electron chi connectivity index (χ2n) is 5.70. The molecule has 0 aromatic rings. The van der Waals surface area contributed by atoms with E-state index in [0.29, 0.717) is 26.1 Å². The van der Waals surface area contributed by atoms with Crippen LogP contribution in [0.25, 0.3) is 0 Å². The van der Waals surface area contributed by atoms with E-state index in [1.165, 1.54) is 4.90 Å². The van der Waals surface area contributed by atoms with Gasteiger partial charge in [-0.1, -0.05) is 0 Å². The van der Waals surface area contributed by atoms with Crippen LogP contribution in [0.4, 0.5) is 0 Å². The van der Waals surface area contributed by atoms with E-state index in [4.69, 9.17) is 9.47 Å². The van der Waals surface area contributed by atoms with Gasteiger partial charge in [0.1, 0.15) is 0 Å². The fourth-order valence-corrected chi connectivity index (χ4v) is 3.43. The van der Waals surface area contributed by atoms with Crippen molar-refractivity contribution in [3.63, 3.8) is 0 Å². The summed E-state index contributed by atoms with van der Waals surface area (Å²) in [6.45, 7) is 1.32. The molecule has 0 N–H and O–H groups in total. The maximum Gasteiger partial charge on any atom is 0.229 e. The first-order valence-electron chi connectivity index (χ1n) is 7.33. The quantitative estimate of drug-likeness (QED) is 0.677. The minimum atomic E-state index is -0.422. The standard InChI is InChI=1S/C14H21NO4/c16-12-3-1-2-4-13(17)15(12)11-5-7-14(8-6-11)18-9-10-19-14/h11H,1-10H2. The van der Waals surface area contributed by atoms with Crippen molar-refractivity contribution in [1.29, 1.82) is 0 Å². The summed E-state index contributed by atoms with van der Waals surface area (Å²) in [5.41, 5.74) is 0. The number of hydrogen-bond acceptors (Lipinski definition) is 4. The van der Waals surface area contributed by atoms with Crippen LogP contribution in [0.3, 0.4) is 0 Å². The van der Waals surface area contributed by atoms with Gasteiger partial charge >= 0.3 is 0 Å². The maximum atomic E-state index is 12.1. The van der Waals surface area contributed by atoms with Crippen molar-refractivity contribution in [2.75, 3.05) is 13.2 Å². The average molecular weight is 267 g/mol. The monoisotopic (exact) mass is 267 g/mol. The Hall–Kier alpha value is -0.940. The van der Waals surface area contributed by atoms with E-state index >= 15 is 0 Å². The lowest BCUT2D eigenvalue weighted by molar-refractivity contribution is -0.186. The third kappa shape index (κ3) is 2.54. The van der Waals surface area contributed by atoms with E-state index in [-0.39, 0.29) is 17.9 Å². The first kappa shape index (κ1) is 13.1. The van der Waals surface area contributed by atoms with Crippen LogP contribution in [0.1, 0.15) is 51.4 Å². The van der Waals surface area contributed by atoms with Gasteiger partial charge in [0.15, 0.2) is 5.79 Å². The number of amides is 2. The molecule has 0 radical (unpaired) electrons. The molecule has 0 aromatic carbocycles. The van der Waals surface area contributed by atoms with E-state index in [0.717, 1.165) is 38.5 Å². The maximum absolute atomic E-state index is 12.1. The molecule has 0 unspecified atom stereocenters. The molecule has 5 heteroatoms. The van der Waals surface area contributed by atoms with Crippen molar-refractivity contribution in [3.8, 4) is 0 Å². The van der Waals surface area contributed by atoms with Crippen molar-refractivity contribution < 1.29 is 19.1 Å².